The van der Waals surface area contributed by atoms with Crippen LogP contribution < -0.4 is 5.32 Å². The molecule has 5 nitrogen and oxygen atoms in total. The van der Waals surface area contributed by atoms with Gasteiger partial charge in [-0.3, -0.25) is 9.59 Å². The van der Waals surface area contributed by atoms with Crippen molar-refractivity contribution < 1.29 is 14.0 Å². The molecule has 1 amide bonds. The number of amides is 1. The number of halogens is 1. The van der Waals surface area contributed by atoms with E-state index in [9.17, 15) is 14.0 Å². The first-order chi connectivity index (χ1) is 18.0. The van der Waals surface area contributed by atoms with Crippen molar-refractivity contribution in [1.82, 2.24) is 10.2 Å². The molecular weight excluding hydrogens is 465 g/mol. The van der Waals surface area contributed by atoms with Gasteiger partial charge in [-0.15, -0.1) is 0 Å². The summed E-state index contributed by atoms with van der Waals surface area (Å²) in [7, 11) is 0. The van der Waals surface area contributed by atoms with Gasteiger partial charge in [0.2, 0.25) is 5.91 Å². The highest BCUT2D eigenvalue weighted by Gasteiger charge is 2.27. The van der Waals surface area contributed by atoms with E-state index in [2.05, 4.69) is 28.4 Å². The minimum Gasteiger partial charge on any atom is -0.348 e. The molecule has 1 aliphatic heterocycles. The molecule has 37 heavy (non-hydrogen) atoms. The summed E-state index contributed by atoms with van der Waals surface area (Å²) in [4.78, 5) is 27.9. The van der Waals surface area contributed by atoms with Crippen molar-refractivity contribution in [3.63, 3.8) is 0 Å². The Bertz CT molecular complexity index is 1270. The van der Waals surface area contributed by atoms with Crippen molar-refractivity contribution in [2.75, 3.05) is 19.6 Å². The SMILES string of the molecule is N#Cc1cccc(C=CC(=O)N[C@H](Cc2ccccc2)CN2CCC(C(=O)c3ccc(F)cc3)CC2)c1. The maximum Gasteiger partial charge on any atom is 0.244 e. The second-order valence-corrected chi connectivity index (χ2v) is 9.41. The van der Waals surface area contributed by atoms with Gasteiger partial charge in [0.1, 0.15) is 5.82 Å². The Hall–Kier alpha value is -4.08. The molecule has 1 atom stereocenters. The van der Waals surface area contributed by atoms with Crippen LogP contribution in [0.5, 0.6) is 0 Å². The van der Waals surface area contributed by atoms with Crippen LogP contribution in [-0.4, -0.2) is 42.3 Å². The number of benzene rings is 3. The third-order valence-electron chi connectivity index (χ3n) is 6.68. The van der Waals surface area contributed by atoms with Crippen molar-refractivity contribution in [2.24, 2.45) is 5.92 Å². The minimum absolute atomic E-state index is 0.0689. The average Bonchev–Trinajstić information content (AvgIpc) is 2.93. The van der Waals surface area contributed by atoms with Crippen LogP contribution >= 0.6 is 0 Å². The number of hydrogen-bond donors (Lipinski definition) is 1. The Morgan fingerprint density at radius 2 is 1.76 bits per heavy atom. The fraction of sp³-hybridized carbons (Fsp3) is 0.258. The van der Waals surface area contributed by atoms with Gasteiger partial charge in [0.15, 0.2) is 5.78 Å². The van der Waals surface area contributed by atoms with E-state index < -0.39 is 0 Å². The van der Waals surface area contributed by atoms with Crippen LogP contribution in [0.2, 0.25) is 0 Å². The highest BCUT2D eigenvalue weighted by molar-refractivity contribution is 5.97. The van der Waals surface area contributed by atoms with E-state index in [-0.39, 0.29) is 29.5 Å². The molecule has 0 aromatic heterocycles. The van der Waals surface area contributed by atoms with Gasteiger partial charge in [-0.25, -0.2) is 4.39 Å². The average molecular weight is 496 g/mol. The van der Waals surface area contributed by atoms with Gasteiger partial charge in [-0.2, -0.15) is 5.26 Å². The Morgan fingerprint density at radius 3 is 2.46 bits per heavy atom. The number of nitriles is 1. The van der Waals surface area contributed by atoms with Gasteiger partial charge in [-0.1, -0.05) is 42.5 Å². The van der Waals surface area contributed by atoms with Crippen molar-refractivity contribution in [3.05, 3.63) is 113 Å². The largest absolute Gasteiger partial charge is 0.348 e. The fourth-order valence-electron chi connectivity index (χ4n) is 4.73. The molecule has 0 radical (unpaired) electrons. The zero-order valence-corrected chi connectivity index (χ0v) is 20.6. The van der Waals surface area contributed by atoms with Crippen LogP contribution in [0.3, 0.4) is 0 Å². The van der Waals surface area contributed by atoms with Gasteiger partial charge in [0, 0.05) is 30.1 Å². The summed E-state index contributed by atoms with van der Waals surface area (Å²) >= 11 is 0. The van der Waals surface area contributed by atoms with Gasteiger partial charge in [0.05, 0.1) is 11.6 Å². The Balaban J connectivity index is 1.36. The lowest BCUT2D eigenvalue weighted by molar-refractivity contribution is -0.117. The molecule has 1 saturated heterocycles. The van der Waals surface area contributed by atoms with Crippen molar-refractivity contribution in [2.45, 2.75) is 25.3 Å². The summed E-state index contributed by atoms with van der Waals surface area (Å²) < 4.78 is 13.2. The number of piperidine rings is 1. The molecule has 188 valence electrons. The third kappa shape index (κ3) is 7.70. The molecule has 0 bridgehead atoms. The number of carbonyl (C=O) groups excluding carboxylic acids is 2. The van der Waals surface area contributed by atoms with Crippen molar-refractivity contribution in [3.8, 4) is 6.07 Å². The number of rotatable bonds is 9. The second kappa shape index (κ2) is 12.8. The summed E-state index contributed by atoms with van der Waals surface area (Å²) in [5.74, 6) is -0.538. The quantitative estimate of drug-likeness (QED) is 0.334. The number of hydrogen-bond acceptors (Lipinski definition) is 4. The molecule has 4 rings (SSSR count). The van der Waals surface area contributed by atoms with Crippen LogP contribution in [0.15, 0.2) is 84.9 Å². The van der Waals surface area contributed by atoms with Crippen LogP contribution in [0.4, 0.5) is 4.39 Å². The molecule has 3 aromatic rings. The molecule has 6 heteroatoms. The number of Topliss-reactive ketones (excluding diaryl/α,β-unsaturated/α-hetero) is 1. The number of nitrogens with one attached hydrogen (secondary N) is 1. The Morgan fingerprint density at radius 1 is 1.03 bits per heavy atom. The maximum absolute atomic E-state index is 13.2. The topological polar surface area (TPSA) is 73.2 Å². The van der Waals surface area contributed by atoms with Crippen molar-refractivity contribution in [1.29, 1.82) is 5.26 Å². The molecule has 0 saturated carbocycles. The summed E-state index contributed by atoms with van der Waals surface area (Å²) in [5.41, 5.74) is 3.04. The van der Waals surface area contributed by atoms with Crippen LogP contribution in [0, 0.1) is 23.1 Å². The molecular formula is C31H30FN3O2. The lowest BCUT2D eigenvalue weighted by Crippen LogP contribution is -2.47. The van der Waals surface area contributed by atoms with E-state index in [1.165, 1.54) is 18.2 Å². The summed E-state index contributed by atoms with van der Waals surface area (Å²) in [5, 5.41) is 12.2. The molecule has 0 spiro atoms. The first-order valence-corrected chi connectivity index (χ1v) is 12.5. The predicted molar refractivity (Wildman–Crippen MR) is 142 cm³/mol. The van der Waals surface area contributed by atoms with Crippen LogP contribution in [0.1, 0.15) is 39.9 Å². The Kier molecular flexibility index (Phi) is 8.96. The fourth-order valence-corrected chi connectivity index (χ4v) is 4.73. The number of carbonyl (C=O) groups is 2. The molecule has 0 aliphatic carbocycles. The lowest BCUT2D eigenvalue weighted by Gasteiger charge is -2.34. The molecule has 0 unspecified atom stereocenters. The van der Waals surface area contributed by atoms with E-state index in [0.717, 1.165) is 37.1 Å². The van der Waals surface area contributed by atoms with Crippen molar-refractivity contribution >= 4 is 17.8 Å². The van der Waals surface area contributed by atoms with Gasteiger partial charge in [0.25, 0.3) is 0 Å². The molecule has 1 N–H and O–H groups in total. The first-order valence-electron chi connectivity index (χ1n) is 12.5. The summed E-state index contributed by atoms with van der Waals surface area (Å²) in [6, 6.07) is 24.9. The van der Waals surface area contributed by atoms with Gasteiger partial charge in [-0.05, 0) is 86.0 Å². The molecule has 1 heterocycles. The Labute approximate surface area is 217 Å². The molecule has 1 aliphatic rings. The van der Waals surface area contributed by atoms with E-state index in [1.54, 1.807) is 36.4 Å². The van der Waals surface area contributed by atoms with E-state index >= 15 is 0 Å². The maximum atomic E-state index is 13.2. The number of likely N-dealkylation sites (tertiary alicyclic amines) is 1. The van der Waals surface area contributed by atoms with Crippen LogP contribution in [-0.2, 0) is 11.2 Å². The molecule has 1 fully saturated rings. The number of ketones is 1. The van der Waals surface area contributed by atoms with E-state index in [4.69, 9.17) is 5.26 Å². The van der Waals surface area contributed by atoms with Crippen LogP contribution in [0.25, 0.3) is 6.08 Å². The summed E-state index contributed by atoms with van der Waals surface area (Å²) in [6.07, 6.45) is 5.37. The second-order valence-electron chi connectivity index (χ2n) is 9.41. The van der Waals surface area contributed by atoms with E-state index in [1.807, 2.05) is 24.3 Å². The zero-order chi connectivity index (χ0) is 26.0. The standard InChI is InChI=1S/C31H30FN3O2/c32-28-12-10-26(11-13-28)31(37)27-15-17-35(18-16-27)22-29(20-23-5-2-1-3-6-23)34-30(36)14-9-24-7-4-8-25(19-24)21-33/h1-14,19,27,29H,15-18,20,22H2,(H,34,36)/t29-/m1/s1. The predicted octanol–water partition coefficient (Wildman–Crippen LogP) is 5.03. The highest BCUT2D eigenvalue weighted by Crippen LogP contribution is 2.22. The zero-order valence-electron chi connectivity index (χ0n) is 20.6. The normalized spacial score (nSPS) is 15.2. The third-order valence-corrected chi connectivity index (χ3v) is 6.68. The van der Waals surface area contributed by atoms with Gasteiger partial charge >= 0.3 is 0 Å². The number of nitrogens with zero attached hydrogens (tertiary/aromatic N) is 2. The first kappa shape index (κ1) is 26.0. The minimum atomic E-state index is -0.344. The smallest absolute Gasteiger partial charge is 0.244 e. The van der Waals surface area contributed by atoms with Gasteiger partial charge < -0.3 is 10.2 Å². The lowest BCUT2D eigenvalue weighted by atomic mass is 9.88. The summed E-state index contributed by atoms with van der Waals surface area (Å²) in [6.45, 7) is 2.20. The monoisotopic (exact) mass is 495 g/mol. The molecule has 3 aromatic carbocycles. The highest BCUT2D eigenvalue weighted by atomic mass is 19.1. The van der Waals surface area contributed by atoms with E-state index in [0.29, 0.717) is 24.1 Å².